The number of aryl methyl sites for hydroxylation is 2. The second-order valence-corrected chi connectivity index (χ2v) is 6.44. The van der Waals surface area contributed by atoms with Gasteiger partial charge in [0.15, 0.2) is 6.61 Å². The van der Waals surface area contributed by atoms with Crippen molar-refractivity contribution in [1.82, 2.24) is 10.1 Å². The topological polar surface area (TPSA) is 111 Å². The molecule has 0 aliphatic carbocycles. The summed E-state index contributed by atoms with van der Waals surface area (Å²) in [7, 11) is 1.27. The number of aromatic amines is 1. The largest absolute Gasteiger partial charge is 0.465 e. The zero-order chi connectivity index (χ0) is 21.1. The van der Waals surface area contributed by atoms with E-state index >= 15 is 0 Å². The first kappa shape index (κ1) is 20.1. The lowest BCUT2D eigenvalue weighted by molar-refractivity contribution is 0.0472. The molecule has 0 saturated heterocycles. The van der Waals surface area contributed by atoms with Gasteiger partial charge >= 0.3 is 11.9 Å². The van der Waals surface area contributed by atoms with Crippen LogP contribution in [0.2, 0.25) is 0 Å². The Balaban J connectivity index is 1.78. The summed E-state index contributed by atoms with van der Waals surface area (Å²) in [6.07, 6.45) is 0. The first-order valence-corrected chi connectivity index (χ1v) is 8.84. The molecule has 1 N–H and O–H groups in total. The Bertz CT molecular complexity index is 1080. The number of carbonyl (C=O) groups excluding carboxylic acids is 3. The van der Waals surface area contributed by atoms with E-state index in [0.29, 0.717) is 33.8 Å². The molecule has 8 heteroatoms. The molecule has 3 aromatic rings. The van der Waals surface area contributed by atoms with Crippen LogP contribution in [0.15, 0.2) is 34.9 Å². The molecule has 0 saturated carbocycles. The Morgan fingerprint density at radius 2 is 1.72 bits per heavy atom. The third kappa shape index (κ3) is 3.82. The summed E-state index contributed by atoms with van der Waals surface area (Å²) in [5, 5.41) is 3.93. The van der Waals surface area contributed by atoms with Gasteiger partial charge in [-0.2, -0.15) is 0 Å². The van der Waals surface area contributed by atoms with Crippen LogP contribution in [-0.2, 0) is 9.47 Å². The highest BCUT2D eigenvalue weighted by Crippen LogP contribution is 2.26. The minimum Gasteiger partial charge on any atom is -0.465 e. The van der Waals surface area contributed by atoms with E-state index in [9.17, 15) is 14.4 Å². The lowest BCUT2D eigenvalue weighted by atomic mass is 10.1. The molecule has 3 rings (SSSR count). The van der Waals surface area contributed by atoms with Gasteiger partial charge < -0.3 is 19.0 Å². The maximum Gasteiger partial charge on any atom is 0.344 e. The summed E-state index contributed by atoms with van der Waals surface area (Å²) in [6, 6.07) is 9.05. The third-order valence-electron chi connectivity index (χ3n) is 4.55. The maximum absolute atomic E-state index is 12.6. The van der Waals surface area contributed by atoms with Gasteiger partial charge in [0, 0.05) is 11.3 Å². The number of ketones is 1. The summed E-state index contributed by atoms with van der Waals surface area (Å²) in [6.45, 7) is 4.38. The quantitative estimate of drug-likeness (QED) is 0.502. The van der Waals surface area contributed by atoms with Gasteiger partial charge in [-0.3, -0.25) is 4.79 Å². The van der Waals surface area contributed by atoms with Gasteiger partial charge in [-0.1, -0.05) is 35.5 Å². The van der Waals surface area contributed by atoms with Gasteiger partial charge in [-0.25, -0.2) is 9.59 Å². The van der Waals surface area contributed by atoms with Crippen LogP contribution in [0.5, 0.6) is 0 Å². The van der Waals surface area contributed by atoms with Crippen molar-refractivity contribution in [2.45, 2.75) is 20.8 Å². The average Bonchev–Trinajstić information content (AvgIpc) is 3.25. The molecular formula is C21H20N2O6. The molecule has 0 bridgehead atoms. The van der Waals surface area contributed by atoms with Gasteiger partial charge in [0.05, 0.1) is 18.4 Å². The van der Waals surface area contributed by atoms with Gasteiger partial charge in [0.25, 0.3) is 0 Å². The fourth-order valence-electron chi connectivity index (χ4n) is 3.12. The number of methoxy groups -OCH3 is 1. The smallest absolute Gasteiger partial charge is 0.344 e. The second kappa shape index (κ2) is 8.14. The van der Waals surface area contributed by atoms with Crippen molar-refractivity contribution in [3.8, 4) is 11.3 Å². The number of H-pyrrole nitrogens is 1. The molecule has 2 aromatic heterocycles. The molecule has 0 unspecified atom stereocenters. The molecule has 1 aromatic carbocycles. The van der Waals surface area contributed by atoms with E-state index < -0.39 is 24.3 Å². The molecule has 29 heavy (non-hydrogen) atoms. The van der Waals surface area contributed by atoms with Crippen LogP contribution >= 0.6 is 0 Å². The van der Waals surface area contributed by atoms with Gasteiger partial charge in [0.1, 0.15) is 17.0 Å². The summed E-state index contributed by atoms with van der Waals surface area (Å²) < 4.78 is 15.1. The molecule has 0 aliphatic heterocycles. The van der Waals surface area contributed by atoms with Crippen molar-refractivity contribution in [3.63, 3.8) is 0 Å². The Labute approximate surface area is 166 Å². The Hall–Kier alpha value is -3.68. The number of esters is 2. The molecule has 8 nitrogen and oxygen atoms in total. The lowest BCUT2D eigenvalue weighted by Crippen LogP contribution is -2.16. The minimum atomic E-state index is -0.718. The van der Waals surface area contributed by atoms with E-state index in [4.69, 9.17) is 14.0 Å². The van der Waals surface area contributed by atoms with E-state index in [2.05, 4.69) is 10.1 Å². The monoisotopic (exact) mass is 396 g/mol. The first-order chi connectivity index (χ1) is 13.8. The van der Waals surface area contributed by atoms with Crippen molar-refractivity contribution < 1.29 is 28.4 Å². The van der Waals surface area contributed by atoms with Crippen molar-refractivity contribution in [3.05, 3.63) is 64.2 Å². The molecule has 0 spiro atoms. The van der Waals surface area contributed by atoms with E-state index in [-0.39, 0.29) is 11.3 Å². The zero-order valence-electron chi connectivity index (χ0n) is 16.5. The van der Waals surface area contributed by atoms with Crippen molar-refractivity contribution in [2.24, 2.45) is 0 Å². The maximum atomic E-state index is 12.6. The van der Waals surface area contributed by atoms with Crippen molar-refractivity contribution in [1.29, 1.82) is 0 Å². The number of carbonyl (C=O) groups is 3. The normalized spacial score (nSPS) is 10.6. The highest BCUT2D eigenvalue weighted by Gasteiger charge is 2.26. The van der Waals surface area contributed by atoms with Crippen LogP contribution < -0.4 is 0 Å². The number of benzene rings is 1. The first-order valence-electron chi connectivity index (χ1n) is 8.84. The lowest BCUT2D eigenvalue weighted by Gasteiger charge is -2.05. The van der Waals surface area contributed by atoms with Crippen LogP contribution in [0.25, 0.3) is 11.3 Å². The molecule has 2 heterocycles. The number of rotatable bonds is 6. The van der Waals surface area contributed by atoms with Crippen LogP contribution in [-0.4, -0.2) is 41.6 Å². The summed E-state index contributed by atoms with van der Waals surface area (Å²) in [5.41, 5.74) is 2.65. The molecule has 0 amide bonds. The number of hydrogen-bond acceptors (Lipinski definition) is 7. The standard InChI is InChI=1S/C21H20N2O6/c1-11-16(20(25)27-4)12(2)22-18(11)15(24)10-28-21(26)17-13(3)29-23-19(17)14-8-6-5-7-9-14/h5-9,22H,10H2,1-4H3. The molecule has 150 valence electrons. The Kier molecular flexibility index (Phi) is 5.63. The summed E-state index contributed by atoms with van der Waals surface area (Å²) >= 11 is 0. The van der Waals surface area contributed by atoms with Crippen molar-refractivity contribution >= 4 is 17.7 Å². The average molecular weight is 396 g/mol. The minimum absolute atomic E-state index is 0.165. The van der Waals surface area contributed by atoms with Crippen LogP contribution in [0.3, 0.4) is 0 Å². The SMILES string of the molecule is COC(=O)c1c(C)[nH]c(C(=O)COC(=O)c2c(-c3ccccc3)noc2C)c1C. The predicted molar refractivity (Wildman–Crippen MR) is 103 cm³/mol. The number of ether oxygens (including phenoxy) is 2. The van der Waals surface area contributed by atoms with Crippen LogP contribution in [0.4, 0.5) is 0 Å². The fraction of sp³-hybridized carbons (Fsp3) is 0.238. The Morgan fingerprint density at radius 1 is 1.03 bits per heavy atom. The molecule has 0 fully saturated rings. The second-order valence-electron chi connectivity index (χ2n) is 6.44. The van der Waals surface area contributed by atoms with E-state index in [1.54, 1.807) is 32.9 Å². The highest BCUT2D eigenvalue weighted by molar-refractivity contribution is 6.04. The number of aromatic nitrogens is 2. The number of nitrogens with one attached hydrogen (secondary N) is 1. The van der Waals surface area contributed by atoms with Gasteiger partial charge in [0.2, 0.25) is 5.78 Å². The van der Waals surface area contributed by atoms with E-state index in [0.717, 1.165) is 0 Å². The third-order valence-corrected chi connectivity index (χ3v) is 4.55. The van der Waals surface area contributed by atoms with Crippen LogP contribution in [0, 0.1) is 20.8 Å². The number of Topliss-reactive ketones (excluding diaryl/α,β-unsaturated/α-hetero) is 1. The zero-order valence-corrected chi connectivity index (χ0v) is 16.5. The highest BCUT2D eigenvalue weighted by atomic mass is 16.5. The van der Waals surface area contributed by atoms with Gasteiger partial charge in [-0.15, -0.1) is 0 Å². The summed E-state index contributed by atoms with van der Waals surface area (Å²) in [4.78, 5) is 39.9. The van der Waals surface area contributed by atoms with E-state index in [1.807, 2.05) is 18.2 Å². The molecule has 0 atom stereocenters. The van der Waals surface area contributed by atoms with Gasteiger partial charge in [-0.05, 0) is 26.3 Å². The number of hydrogen-bond donors (Lipinski definition) is 1. The Morgan fingerprint density at radius 3 is 2.38 bits per heavy atom. The summed E-state index contributed by atoms with van der Waals surface area (Å²) in [5.74, 6) is -1.43. The van der Waals surface area contributed by atoms with Crippen LogP contribution in [0.1, 0.15) is 48.2 Å². The van der Waals surface area contributed by atoms with Crippen molar-refractivity contribution in [2.75, 3.05) is 13.7 Å². The molecule has 0 radical (unpaired) electrons. The molecule has 0 aliphatic rings. The predicted octanol–water partition coefficient (Wildman–Crippen LogP) is 3.42. The number of nitrogens with zero attached hydrogens (tertiary/aromatic N) is 1. The fourth-order valence-corrected chi connectivity index (χ4v) is 3.12. The molecular weight excluding hydrogens is 376 g/mol. The van der Waals surface area contributed by atoms with E-state index in [1.165, 1.54) is 7.11 Å².